The molecular formula is C24H24N6O3. The van der Waals surface area contributed by atoms with E-state index < -0.39 is 0 Å². The lowest BCUT2D eigenvalue weighted by atomic mass is 10.1. The van der Waals surface area contributed by atoms with Gasteiger partial charge in [-0.3, -0.25) is 14.6 Å². The molecule has 4 heterocycles. The number of hydrogen-bond donors (Lipinski definition) is 2. The van der Waals surface area contributed by atoms with Crippen molar-refractivity contribution in [3.63, 3.8) is 0 Å². The average Bonchev–Trinajstić information content (AvgIpc) is 3.31. The predicted molar refractivity (Wildman–Crippen MR) is 121 cm³/mol. The zero-order valence-corrected chi connectivity index (χ0v) is 18.1. The van der Waals surface area contributed by atoms with E-state index in [0.29, 0.717) is 56.2 Å². The van der Waals surface area contributed by atoms with Crippen molar-refractivity contribution >= 4 is 17.5 Å². The van der Waals surface area contributed by atoms with Gasteiger partial charge in [0, 0.05) is 54.8 Å². The molecule has 0 aliphatic carbocycles. The largest absolute Gasteiger partial charge is 0.378 e. The van der Waals surface area contributed by atoms with Gasteiger partial charge in [0.15, 0.2) is 0 Å². The molecule has 1 fully saturated rings. The first-order chi connectivity index (χ1) is 16.2. The van der Waals surface area contributed by atoms with E-state index in [-0.39, 0.29) is 11.8 Å². The molecule has 0 unspecified atom stereocenters. The second-order valence-corrected chi connectivity index (χ2v) is 7.97. The first-order valence-electron chi connectivity index (χ1n) is 11.0. The molecule has 9 heteroatoms. The van der Waals surface area contributed by atoms with E-state index in [1.54, 1.807) is 35.4 Å². The van der Waals surface area contributed by atoms with Gasteiger partial charge in [0.05, 0.1) is 30.2 Å². The fourth-order valence-corrected chi connectivity index (χ4v) is 3.99. The molecule has 9 nitrogen and oxygen atoms in total. The highest BCUT2D eigenvalue weighted by atomic mass is 16.5. The summed E-state index contributed by atoms with van der Waals surface area (Å²) in [5, 5.41) is 11.4. The van der Waals surface area contributed by atoms with Crippen LogP contribution in [0.15, 0.2) is 58.9 Å². The molecule has 2 aromatic heterocycles. The monoisotopic (exact) mass is 444 g/mol. The molecular weight excluding hydrogens is 420 g/mol. The number of H-pyrrole nitrogens is 1. The lowest BCUT2D eigenvalue weighted by Gasteiger charge is -2.26. The molecule has 1 aromatic carbocycles. The number of carbonyl (C=O) groups is 2. The van der Waals surface area contributed by atoms with Crippen LogP contribution in [0.1, 0.15) is 32.1 Å². The zero-order chi connectivity index (χ0) is 22.6. The maximum absolute atomic E-state index is 12.5. The van der Waals surface area contributed by atoms with Gasteiger partial charge in [-0.05, 0) is 42.5 Å². The highest BCUT2D eigenvalue weighted by Crippen LogP contribution is 2.24. The minimum Gasteiger partial charge on any atom is -0.378 e. The summed E-state index contributed by atoms with van der Waals surface area (Å²) in [7, 11) is 0. The molecule has 2 aliphatic rings. The molecule has 2 aliphatic heterocycles. The molecule has 33 heavy (non-hydrogen) atoms. The fourth-order valence-electron chi connectivity index (χ4n) is 3.99. The number of rotatable bonds is 5. The zero-order valence-electron chi connectivity index (χ0n) is 18.1. The molecule has 2 amide bonds. The van der Waals surface area contributed by atoms with E-state index in [1.165, 1.54) is 0 Å². The summed E-state index contributed by atoms with van der Waals surface area (Å²) in [6.45, 7) is 3.36. The summed E-state index contributed by atoms with van der Waals surface area (Å²) in [5.41, 5.74) is 5.57. The summed E-state index contributed by atoms with van der Waals surface area (Å²) in [5.74, 6) is -0.0363. The van der Waals surface area contributed by atoms with E-state index in [1.807, 2.05) is 18.2 Å². The number of aromatic amines is 1. The number of amides is 2. The molecule has 0 saturated carbocycles. The average molecular weight is 444 g/mol. The fraction of sp³-hybridized carbons (Fsp3) is 0.292. The van der Waals surface area contributed by atoms with Gasteiger partial charge >= 0.3 is 0 Å². The number of hydrogen-bond acceptors (Lipinski definition) is 6. The summed E-state index contributed by atoms with van der Waals surface area (Å²) in [4.78, 5) is 34.1. The van der Waals surface area contributed by atoms with Crippen LogP contribution >= 0.6 is 0 Å². The van der Waals surface area contributed by atoms with Gasteiger partial charge in [-0.1, -0.05) is 0 Å². The Morgan fingerprint density at radius 3 is 2.73 bits per heavy atom. The Labute approximate surface area is 190 Å². The van der Waals surface area contributed by atoms with Crippen LogP contribution in [0.25, 0.3) is 11.3 Å². The number of nitrogens with one attached hydrogen (secondary N) is 2. The summed E-state index contributed by atoms with van der Waals surface area (Å²) >= 11 is 0. The van der Waals surface area contributed by atoms with Crippen molar-refractivity contribution in [3.05, 3.63) is 71.2 Å². The van der Waals surface area contributed by atoms with Crippen molar-refractivity contribution in [2.45, 2.75) is 13.0 Å². The molecule has 0 bridgehead atoms. The molecule has 3 aromatic rings. The number of carbonyl (C=O) groups excluding carboxylic acids is 2. The predicted octanol–water partition coefficient (Wildman–Crippen LogP) is 3.12. The number of nitrogens with zero attached hydrogens (tertiary/aromatic N) is 4. The summed E-state index contributed by atoms with van der Waals surface area (Å²) in [6.07, 6.45) is 2.52. The number of ether oxygens (including phenoxy) is 1. The Bertz CT molecular complexity index is 1200. The van der Waals surface area contributed by atoms with E-state index >= 15 is 0 Å². The van der Waals surface area contributed by atoms with Crippen molar-refractivity contribution in [2.75, 3.05) is 32.8 Å². The number of pyridine rings is 1. The molecule has 0 radical (unpaired) electrons. The van der Waals surface area contributed by atoms with Gasteiger partial charge in [0.2, 0.25) is 0 Å². The van der Waals surface area contributed by atoms with Crippen molar-refractivity contribution in [1.29, 1.82) is 0 Å². The SMILES string of the molecule is O=C1NCCc2[nH]c(-c3ccnc(CN=Nc4ccc(C(=O)N5CCOCC5)cc4)c3)cc21. The smallest absolute Gasteiger partial charge is 0.254 e. The molecule has 2 N–H and O–H groups in total. The van der Waals surface area contributed by atoms with Gasteiger partial charge in [-0.2, -0.15) is 10.2 Å². The van der Waals surface area contributed by atoms with Gasteiger partial charge in [0.25, 0.3) is 11.8 Å². The van der Waals surface area contributed by atoms with Crippen molar-refractivity contribution in [2.24, 2.45) is 10.2 Å². The van der Waals surface area contributed by atoms with Gasteiger partial charge in [-0.15, -0.1) is 0 Å². The Hall–Kier alpha value is -3.85. The molecule has 5 rings (SSSR count). The number of aromatic nitrogens is 2. The van der Waals surface area contributed by atoms with Crippen LogP contribution in [0.5, 0.6) is 0 Å². The third kappa shape index (κ3) is 4.68. The van der Waals surface area contributed by atoms with Gasteiger partial charge in [0.1, 0.15) is 6.54 Å². The van der Waals surface area contributed by atoms with E-state index in [0.717, 1.165) is 29.1 Å². The third-order valence-electron chi connectivity index (χ3n) is 5.76. The van der Waals surface area contributed by atoms with E-state index in [4.69, 9.17) is 4.74 Å². The van der Waals surface area contributed by atoms with Crippen molar-refractivity contribution in [3.8, 4) is 11.3 Å². The molecule has 0 atom stereocenters. The van der Waals surface area contributed by atoms with Crippen LogP contribution in [0, 0.1) is 0 Å². The number of benzene rings is 1. The lowest BCUT2D eigenvalue weighted by molar-refractivity contribution is 0.0303. The van der Waals surface area contributed by atoms with Crippen LogP contribution in [-0.4, -0.2) is 59.5 Å². The number of morpholine rings is 1. The van der Waals surface area contributed by atoms with Crippen LogP contribution in [0.2, 0.25) is 0 Å². The van der Waals surface area contributed by atoms with Gasteiger partial charge < -0.3 is 19.9 Å². The normalized spacial score (nSPS) is 16.0. The van der Waals surface area contributed by atoms with Crippen LogP contribution < -0.4 is 5.32 Å². The quantitative estimate of drug-likeness (QED) is 0.589. The maximum Gasteiger partial charge on any atom is 0.254 e. The second-order valence-electron chi connectivity index (χ2n) is 7.97. The minimum absolute atomic E-state index is 0.00582. The van der Waals surface area contributed by atoms with Crippen LogP contribution in [0.3, 0.4) is 0 Å². The van der Waals surface area contributed by atoms with Crippen LogP contribution in [-0.2, 0) is 17.7 Å². The maximum atomic E-state index is 12.5. The molecule has 168 valence electrons. The Morgan fingerprint density at radius 1 is 1.12 bits per heavy atom. The Balaban J connectivity index is 1.23. The topological polar surface area (TPSA) is 112 Å². The molecule has 0 spiro atoms. The van der Waals surface area contributed by atoms with Gasteiger partial charge in [-0.25, -0.2) is 0 Å². The first-order valence-corrected chi connectivity index (χ1v) is 11.0. The molecule has 1 saturated heterocycles. The van der Waals surface area contributed by atoms with Crippen molar-refractivity contribution in [1.82, 2.24) is 20.2 Å². The van der Waals surface area contributed by atoms with E-state index in [2.05, 4.69) is 25.5 Å². The Morgan fingerprint density at radius 2 is 1.94 bits per heavy atom. The van der Waals surface area contributed by atoms with Crippen molar-refractivity contribution < 1.29 is 14.3 Å². The summed E-state index contributed by atoms with van der Waals surface area (Å²) in [6, 6.07) is 12.8. The summed E-state index contributed by atoms with van der Waals surface area (Å²) < 4.78 is 5.30. The Kier molecular flexibility index (Phi) is 5.95. The number of fused-ring (bicyclic) bond motifs is 1. The second kappa shape index (κ2) is 9.33. The highest BCUT2D eigenvalue weighted by molar-refractivity contribution is 5.97. The lowest BCUT2D eigenvalue weighted by Crippen LogP contribution is -2.40. The standard InChI is InChI=1S/C24H24N6O3/c31-23-20-14-22(28-21(20)6-8-26-23)17-5-7-25-19(13-17)15-27-29-18-3-1-16(2-4-18)24(32)30-9-11-33-12-10-30/h1-5,7,13-14,28H,6,8-12,15H2,(H,26,31). The number of azo groups is 1. The van der Waals surface area contributed by atoms with E-state index in [9.17, 15) is 9.59 Å². The highest BCUT2D eigenvalue weighted by Gasteiger charge is 2.20. The minimum atomic E-state index is -0.0421. The first kappa shape index (κ1) is 21.0. The third-order valence-corrected chi connectivity index (χ3v) is 5.76. The van der Waals surface area contributed by atoms with Crippen LogP contribution in [0.4, 0.5) is 5.69 Å².